The van der Waals surface area contributed by atoms with E-state index in [1.54, 1.807) is 18.2 Å². The molecule has 138 valence electrons. The quantitative estimate of drug-likeness (QED) is 0.763. The predicted octanol–water partition coefficient (Wildman–Crippen LogP) is 2.69. The SMILES string of the molecule is Cc1cc(C)c2c(N(C)C)nc(C(=O)Nc3ccc4c(c3)OCO4)nc2n1. The molecule has 3 heterocycles. The summed E-state index contributed by atoms with van der Waals surface area (Å²) in [5.74, 6) is 1.54. The highest BCUT2D eigenvalue weighted by molar-refractivity contribution is 6.04. The second kappa shape index (κ2) is 6.39. The van der Waals surface area contributed by atoms with Crippen LogP contribution >= 0.6 is 0 Å². The van der Waals surface area contributed by atoms with Crippen LogP contribution in [0.3, 0.4) is 0 Å². The lowest BCUT2D eigenvalue weighted by atomic mass is 10.1. The van der Waals surface area contributed by atoms with Crippen LogP contribution in [0.4, 0.5) is 11.5 Å². The van der Waals surface area contributed by atoms with Crippen molar-refractivity contribution in [2.24, 2.45) is 0 Å². The Morgan fingerprint density at radius 2 is 1.85 bits per heavy atom. The Morgan fingerprint density at radius 1 is 1.07 bits per heavy atom. The molecule has 27 heavy (non-hydrogen) atoms. The minimum absolute atomic E-state index is 0.0568. The highest BCUT2D eigenvalue weighted by atomic mass is 16.7. The topological polar surface area (TPSA) is 89.5 Å². The molecule has 8 heteroatoms. The number of ether oxygens (including phenoxy) is 2. The van der Waals surface area contributed by atoms with Crippen molar-refractivity contribution in [3.63, 3.8) is 0 Å². The van der Waals surface area contributed by atoms with Crippen molar-refractivity contribution < 1.29 is 14.3 Å². The first kappa shape index (κ1) is 17.0. The Morgan fingerprint density at radius 3 is 2.63 bits per heavy atom. The van der Waals surface area contributed by atoms with Gasteiger partial charge in [-0.3, -0.25) is 4.79 Å². The summed E-state index contributed by atoms with van der Waals surface area (Å²) in [6.07, 6.45) is 0. The highest BCUT2D eigenvalue weighted by Gasteiger charge is 2.19. The molecule has 0 atom stereocenters. The first-order valence-electron chi connectivity index (χ1n) is 8.46. The van der Waals surface area contributed by atoms with Crippen molar-refractivity contribution >= 4 is 28.4 Å². The van der Waals surface area contributed by atoms with Crippen LogP contribution in [0.25, 0.3) is 11.0 Å². The van der Waals surface area contributed by atoms with Gasteiger partial charge in [0.2, 0.25) is 12.6 Å². The van der Waals surface area contributed by atoms with Crippen molar-refractivity contribution in [3.05, 3.63) is 41.3 Å². The van der Waals surface area contributed by atoms with Gasteiger partial charge < -0.3 is 19.7 Å². The molecule has 2 aromatic heterocycles. The molecule has 1 N–H and O–H groups in total. The molecule has 0 saturated carbocycles. The molecule has 0 bridgehead atoms. The molecule has 1 aromatic carbocycles. The number of carbonyl (C=O) groups excluding carboxylic acids is 1. The molecule has 1 aliphatic heterocycles. The number of aromatic nitrogens is 3. The fraction of sp³-hybridized carbons (Fsp3) is 0.263. The van der Waals surface area contributed by atoms with E-state index in [0.717, 1.165) is 16.6 Å². The Labute approximate surface area is 156 Å². The van der Waals surface area contributed by atoms with Crippen molar-refractivity contribution in [1.29, 1.82) is 0 Å². The predicted molar refractivity (Wildman–Crippen MR) is 102 cm³/mol. The minimum atomic E-state index is -0.417. The monoisotopic (exact) mass is 365 g/mol. The van der Waals surface area contributed by atoms with Gasteiger partial charge in [-0.1, -0.05) is 0 Å². The third-order valence-electron chi connectivity index (χ3n) is 4.23. The first-order valence-corrected chi connectivity index (χ1v) is 8.46. The molecule has 4 rings (SSSR count). The number of hydrogen-bond donors (Lipinski definition) is 1. The molecule has 0 fully saturated rings. The number of nitrogens with one attached hydrogen (secondary N) is 1. The normalized spacial score (nSPS) is 12.3. The van der Waals surface area contributed by atoms with Gasteiger partial charge in [0.1, 0.15) is 5.82 Å². The van der Waals surface area contributed by atoms with Crippen LogP contribution in [0.2, 0.25) is 0 Å². The van der Waals surface area contributed by atoms with Crippen LogP contribution in [-0.2, 0) is 0 Å². The average molecular weight is 365 g/mol. The molecule has 0 unspecified atom stereocenters. The third kappa shape index (κ3) is 3.10. The van der Waals surface area contributed by atoms with Gasteiger partial charge in [-0.2, -0.15) is 0 Å². The van der Waals surface area contributed by atoms with Crippen LogP contribution in [-0.4, -0.2) is 41.7 Å². The average Bonchev–Trinajstić information content (AvgIpc) is 3.08. The molecule has 0 saturated heterocycles. The van der Waals surface area contributed by atoms with Crippen molar-refractivity contribution in [1.82, 2.24) is 15.0 Å². The number of carbonyl (C=O) groups is 1. The van der Waals surface area contributed by atoms with E-state index >= 15 is 0 Å². The number of aryl methyl sites for hydroxylation is 2. The van der Waals surface area contributed by atoms with Gasteiger partial charge in [-0.05, 0) is 37.6 Å². The fourth-order valence-corrected chi connectivity index (χ4v) is 3.04. The van der Waals surface area contributed by atoms with Crippen LogP contribution in [0, 0.1) is 13.8 Å². The van der Waals surface area contributed by atoms with Crippen LogP contribution in [0.15, 0.2) is 24.3 Å². The standard InChI is InChI=1S/C19H19N5O3/c1-10-7-11(2)20-16-15(10)18(24(3)4)23-17(22-16)19(25)21-12-5-6-13-14(8-12)27-9-26-13/h5-8H,9H2,1-4H3,(H,21,25). The Balaban J connectivity index is 1.73. The van der Waals surface area contributed by atoms with Gasteiger partial charge >= 0.3 is 0 Å². The van der Waals surface area contributed by atoms with Gasteiger partial charge in [-0.15, -0.1) is 0 Å². The Hall–Kier alpha value is -3.42. The van der Waals surface area contributed by atoms with E-state index in [1.807, 2.05) is 38.9 Å². The summed E-state index contributed by atoms with van der Waals surface area (Å²) in [5.41, 5.74) is 2.93. The zero-order valence-corrected chi connectivity index (χ0v) is 15.5. The molecule has 0 aliphatic carbocycles. The molecule has 8 nitrogen and oxygen atoms in total. The molecule has 0 spiro atoms. The lowest BCUT2D eigenvalue weighted by molar-refractivity contribution is 0.101. The van der Waals surface area contributed by atoms with Gasteiger partial charge in [0, 0.05) is 31.5 Å². The van der Waals surface area contributed by atoms with Crippen molar-refractivity contribution in [2.75, 3.05) is 31.1 Å². The second-order valence-corrected chi connectivity index (χ2v) is 6.57. The van der Waals surface area contributed by atoms with E-state index in [-0.39, 0.29) is 12.6 Å². The maximum atomic E-state index is 12.7. The number of pyridine rings is 1. The van der Waals surface area contributed by atoms with E-state index in [0.29, 0.717) is 28.7 Å². The van der Waals surface area contributed by atoms with Crippen molar-refractivity contribution in [2.45, 2.75) is 13.8 Å². The van der Waals surface area contributed by atoms with E-state index in [9.17, 15) is 4.79 Å². The molecule has 1 amide bonds. The summed E-state index contributed by atoms with van der Waals surface area (Å²) in [5, 5.41) is 3.64. The number of anilines is 2. The summed E-state index contributed by atoms with van der Waals surface area (Å²) < 4.78 is 10.6. The molecule has 3 aromatic rings. The summed E-state index contributed by atoms with van der Waals surface area (Å²) >= 11 is 0. The fourth-order valence-electron chi connectivity index (χ4n) is 3.04. The zero-order chi connectivity index (χ0) is 19.1. The minimum Gasteiger partial charge on any atom is -0.454 e. The van der Waals surface area contributed by atoms with Crippen LogP contribution in [0.1, 0.15) is 21.9 Å². The van der Waals surface area contributed by atoms with Gasteiger partial charge in [0.05, 0.1) is 5.39 Å². The summed E-state index contributed by atoms with van der Waals surface area (Å²) in [6.45, 7) is 4.06. The number of benzene rings is 1. The number of nitrogens with zero attached hydrogens (tertiary/aromatic N) is 4. The number of amides is 1. The van der Waals surface area contributed by atoms with Crippen LogP contribution < -0.4 is 19.7 Å². The van der Waals surface area contributed by atoms with Gasteiger partial charge in [-0.25, -0.2) is 15.0 Å². The molecule has 0 radical (unpaired) electrons. The number of hydrogen-bond acceptors (Lipinski definition) is 7. The smallest absolute Gasteiger partial charge is 0.293 e. The van der Waals surface area contributed by atoms with E-state index in [2.05, 4.69) is 20.3 Å². The van der Waals surface area contributed by atoms with E-state index in [4.69, 9.17) is 9.47 Å². The van der Waals surface area contributed by atoms with Crippen molar-refractivity contribution in [3.8, 4) is 11.5 Å². The zero-order valence-electron chi connectivity index (χ0n) is 15.5. The van der Waals surface area contributed by atoms with E-state index < -0.39 is 5.91 Å². The summed E-state index contributed by atoms with van der Waals surface area (Å²) in [6, 6.07) is 7.18. The molecule has 1 aliphatic rings. The summed E-state index contributed by atoms with van der Waals surface area (Å²) in [7, 11) is 3.75. The van der Waals surface area contributed by atoms with Gasteiger partial charge in [0.25, 0.3) is 5.91 Å². The maximum absolute atomic E-state index is 12.7. The maximum Gasteiger partial charge on any atom is 0.293 e. The van der Waals surface area contributed by atoms with Gasteiger partial charge in [0.15, 0.2) is 17.1 Å². The Bertz CT molecular complexity index is 1060. The van der Waals surface area contributed by atoms with Crippen LogP contribution in [0.5, 0.6) is 11.5 Å². The number of rotatable bonds is 3. The number of fused-ring (bicyclic) bond motifs is 2. The lowest BCUT2D eigenvalue weighted by Gasteiger charge is -2.16. The third-order valence-corrected chi connectivity index (χ3v) is 4.23. The Kier molecular flexibility index (Phi) is 4.02. The largest absolute Gasteiger partial charge is 0.454 e. The second-order valence-electron chi connectivity index (χ2n) is 6.57. The highest BCUT2D eigenvalue weighted by Crippen LogP contribution is 2.34. The van der Waals surface area contributed by atoms with E-state index in [1.165, 1.54) is 0 Å². The summed E-state index contributed by atoms with van der Waals surface area (Å²) in [4.78, 5) is 27.9. The first-order chi connectivity index (χ1) is 12.9. The molecular formula is C19H19N5O3. The molecular weight excluding hydrogens is 346 g/mol. The lowest BCUT2D eigenvalue weighted by Crippen LogP contribution is -2.20.